The first-order valence-corrected chi connectivity index (χ1v) is 6.06. The van der Waals surface area contributed by atoms with Crippen molar-refractivity contribution in [3.05, 3.63) is 30.2 Å². The second-order valence-corrected chi connectivity index (χ2v) is 4.07. The van der Waals surface area contributed by atoms with Crippen molar-refractivity contribution in [1.29, 1.82) is 0 Å². The summed E-state index contributed by atoms with van der Waals surface area (Å²) in [7, 11) is 0. The standard InChI is InChI=1S/C12H17N5O/c13-7-3-1-6-12(18)14-9-11-16-15-10-5-2-4-8-17(10)11/h2,4-5,8H,1,3,6-7,9,13H2,(H,14,18). The van der Waals surface area contributed by atoms with E-state index in [-0.39, 0.29) is 5.91 Å². The monoisotopic (exact) mass is 247 g/mol. The fourth-order valence-electron chi connectivity index (χ4n) is 1.71. The van der Waals surface area contributed by atoms with Crippen molar-refractivity contribution in [2.75, 3.05) is 6.54 Å². The molecule has 3 N–H and O–H groups in total. The molecule has 0 saturated heterocycles. The Kier molecular flexibility index (Phi) is 4.25. The highest BCUT2D eigenvalue weighted by atomic mass is 16.1. The molecule has 0 saturated carbocycles. The van der Waals surface area contributed by atoms with Crippen LogP contribution < -0.4 is 11.1 Å². The Morgan fingerprint density at radius 3 is 3.06 bits per heavy atom. The second kappa shape index (κ2) is 6.11. The molecule has 0 aliphatic rings. The van der Waals surface area contributed by atoms with E-state index in [0.29, 0.717) is 19.5 Å². The number of pyridine rings is 1. The summed E-state index contributed by atoms with van der Waals surface area (Å²) >= 11 is 0. The normalized spacial score (nSPS) is 10.7. The first-order chi connectivity index (χ1) is 8.81. The molecule has 6 nitrogen and oxygen atoms in total. The minimum Gasteiger partial charge on any atom is -0.349 e. The summed E-state index contributed by atoms with van der Waals surface area (Å²) in [6.07, 6.45) is 4.09. The molecule has 1 amide bonds. The quantitative estimate of drug-likeness (QED) is 0.727. The van der Waals surface area contributed by atoms with Crippen molar-refractivity contribution < 1.29 is 4.79 Å². The minimum atomic E-state index is 0.0242. The van der Waals surface area contributed by atoms with E-state index in [9.17, 15) is 4.79 Å². The number of rotatable bonds is 6. The van der Waals surface area contributed by atoms with Crippen LogP contribution in [-0.4, -0.2) is 27.0 Å². The smallest absolute Gasteiger partial charge is 0.220 e. The summed E-state index contributed by atoms with van der Waals surface area (Å²) in [5.74, 6) is 0.758. The van der Waals surface area contributed by atoms with Gasteiger partial charge in [0, 0.05) is 12.6 Å². The third-order valence-electron chi connectivity index (χ3n) is 2.69. The summed E-state index contributed by atoms with van der Waals surface area (Å²) in [6.45, 7) is 1.02. The van der Waals surface area contributed by atoms with E-state index in [2.05, 4.69) is 15.5 Å². The number of carbonyl (C=O) groups excluding carboxylic acids is 1. The Morgan fingerprint density at radius 2 is 2.22 bits per heavy atom. The third kappa shape index (κ3) is 3.04. The van der Waals surface area contributed by atoms with Gasteiger partial charge < -0.3 is 11.1 Å². The second-order valence-electron chi connectivity index (χ2n) is 4.07. The van der Waals surface area contributed by atoms with Crippen LogP contribution in [-0.2, 0) is 11.3 Å². The lowest BCUT2D eigenvalue weighted by Crippen LogP contribution is -2.23. The molecule has 0 radical (unpaired) electrons. The van der Waals surface area contributed by atoms with Gasteiger partial charge >= 0.3 is 0 Å². The molecule has 2 rings (SSSR count). The SMILES string of the molecule is NCCCCC(=O)NCc1nnc2ccccn12. The molecule has 0 bridgehead atoms. The number of aromatic nitrogens is 3. The summed E-state index contributed by atoms with van der Waals surface area (Å²) < 4.78 is 1.86. The van der Waals surface area contributed by atoms with Gasteiger partial charge in [-0.25, -0.2) is 0 Å². The van der Waals surface area contributed by atoms with E-state index in [1.54, 1.807) is 0 Å². The molecule has 2 aromatic rings. The summed E-state index contributed by atoms with van der Waals surface area (Å²) in [4.78, 5) is 11.5. The number of amides is 1. The van der Waals surface area contributed by atoms with Crippen molar-refractivity contribution in [2.45, 2.75) is 25.8 Å². The molecule has 0 aliphatic carbocycles. The van der Waals surface area contributed by atoms with Crippen LogP contribution in [0.4, 0.5) is 0 Å². The van der Waals surface area contributed by atoms with E-state index < -0.39 is 0 Å². The average molecular weight is 247 g/mol. The highest BCUT2D eigenvalue weighted by Crippen LogP contribution is 2.02. The van der Waals surface area contributed by atoms with E-state index in [0.717, 1.165) is 24.3 Å². The van der Waals surface area contributed by atoms with Crippen molar-refractivity contribution in [2.24, 2.45) is 5.73 Å². The van der Waals surface area contributed by atoms with Crippen molar-refractivity contribution in [1.82, 2.24) is 19.9 Å². The van der Waals surface area contributed by atoms with Crippen LogP contribution >= 0.6 is 0 Å². The molecular formula is C12H17N5O. The van der Waals surface area contributed by atoms with Crippen molar-refractivity contribution >= 4 is 11.6 Å². The van der Waals surface area contributed by atoms with Crippen molar-refractivity contribution in [3.8, 4) is 0 Å². The number of unbranched alkanes of at least 4 members (excludes halogenated alkanes) is 1. The molecule has 96 valence electrons. The maximum atomic E-state index is 11.5. The fourth-order valence-corrected chi connectivity index (χ4v) is 1.71. The van der Waals surface area contributed by atoms with Crippen LogP contribution in [0.25, 0.3) is 5.65 Å². The van der Waals surface area contributed by atoms with E-state index in [1.807, 2.05) is 28.8 Å². The van der Waals surface area contributed by atoms with Crippen LogP contribution in [0.5, 0.6) is 0 Å². The highest BCUT2D eigenvalue weighted by Gasteiger charge is 2.06. The van der Waals surface area contributed by atoms with Gasteiger partial charge in [-0.1, -0.05) is 6.07 Å². The zero-order valence-corrected chi connectivity index (χ0v) is 10.2. The van der Waals surface area contributed by atoms with Gasteiger partial charge in [0.15, 0.2) is 11.5 Å². The molecule has 0 fully saturated rings. The number of hydrogen-bond donors (Lipinski definition) is 2. The Hall–Kier alpha value is -1.95. The van der Waals surface area contributed by atoms with Crippen LogP contribution in [0.15, 0.2) is 24.4 Å². The molecule has 2 aromatic heterocycles. The average Bonchev–Trinajstić information content (AvgIpc) is 2.80. The molecule has 0 aromatic carbocycles. The molecule has 2 heterocycles. The highest BCUT2D eigenvalue weighted by molar-refractivity contribution is 5.75. The summed E-state index contributed by atoms with van der Waals surface area (Å²) in [5, 5.41) is 10.9. The zero-order chi connectivity index (χ0) is 12.8. The zero-order valence-electron chi connectivity index (χ0n) is 10.2. The molecule has 0 unspecified atom stereocenters. The van der Waals surface area contributed by atoms with Gasteiger partial charge in [0.05, 0.1) is 6.54 Å². The number of carbonyl (C=O) groups is 1. The van der Waals surface area contributed by atoms with Crippen LogP contribution in [0.3, 0.4) is 0 Å². The van der Waals surface area contributed by atoms with Gasteiger partial charge in [0.2, 0.25) is 5.91 Å². The van der Waals surface area contributed by atoms with Gasteiger partial charge in [0.25, 0.3) is 0 Å². The number of hydrogen-bond acceptors (Lipinski definition) is 4. The van der Waals surface area contributed by atoms with Crippen molar-refractivity contribution in [3.63, 3.8) is 0 Å². The van der Waals surface area contributed by atoms with E-state index in [4.69, 9.17) is 5.73 Å². The first kappa shape index (κ1) is 12.5. The Morgan fingerprint density at radius 1 is 1.33 bits per heavy atom. The Balaban J connectivity index is 1.88. The van der Waals surface area contributed by atoms with Gasteiger partial charge in [-0.05, 0) is 31.5 Å². The molecule has 18 heavy (non-hydrogen) atoms. The topological polar surface area (TPSA) is 85.3 Å². The largest absolute Gasteiger partial charge is 0.349 e. The maximum Gasteiger partial charge on any atom is 0.220 e. The summed E-state index contributed by atoms with van der Waals surface area (Å²) in [5.41, 5.74) is 6.16. The molecule has 0 spiro atoms. The van der Waals surface area contributed by atoms with E-state index in [1.165, 1.54) is 0 Å². The lowest BCUT2D eigenvalue weighted by atomic mass is 10.2. The molecule has 0 aliphatic heterocycles. The van der Waals surface area contributed by atoms with E-state index >= 15 is 0 Å². The predicted octanol–water partition coefficient (Wildman–Crippen LogP) is 0.474. The Labute approximate surface area is 105 Å². The number of fused-ring (bicyclic) bond motifs is 1. The van der Waals surface area contributed by atoms with Crippen LogP contribution in [0.1, 0.15) is 25.1 Å². The lowest BCUT2D eigenvalue weighted by Gasteiger charge is -2.03. The first-order valence-electron chi connectivity index (χ1n) is 6.06. The number of nitrogens with zero attached hydrogens (tertiary/aromatic N) is 3. The maximum absolute atomic E-state index is 11.5. The fraction of sp³-hybridized carbons (Fsp3) is 0.417. The molecule has 6 heteroatoms. The van der Waals surface area contributed by atoms with Gasteiger partial charge in [-0.15, -0.1) is 10.2 Å². The van der Waals surface area contributed by atoms with Gasteiger partial charge in [0.1, 0.15) is 0 Å². The van der Waals surface area contributed by atoms with Gasteiger partial charge in [-0.2, -0.15) is 0 Å². The Bertz CT molecular complexity index is 522. The van der Waals surface area contributed by atoms with Crippen LogP contribution in [0.2, 0.25) is 0 Å². The number of nitrogens with two attached hydrogens (primary N) is 1. The van der Waals surface area contributed by atoms with Gasteiger partial charge in [-0.3, -0.25) is 9.20 Å². The predicted molar refractivity (Wildman–Crippen MR) is 67.7 cm³/mol. The lowest BCUT2D eigenvalue weighted by molar-refractivity contribution is -0.121. The molecular weight excluding hydrogens is 230 g/mol. The third-order valence-corrected chi connectivity index (χ3v) is 2.69. The summed E-state index contributed by atoms with van der Waals surface area (Å²) in [6, 6.07) is 5.68. The molecule has 0 atom stereocenters. The van der Waals surface area contributed by atoms with Crippen LogP contribution in [0, 0.1) is 0 Å². The minimum absolute atomic E-state index is 0.0242. The number of nitrogens with one attached hydrogen (secondary N) is 1.